The maximum absolute atomic E-state index is 12.3. The summed E-state index contributed by atoms with van der Waals surface area (Å²) in [6, 6.07) is 12.1. The number of hydrogen-bond acceptors (Lipinski definition) is 4. The van der Waals surface area contributed by atoms with Gasteiger partial charge in [-0.25, -0.2) is 0 Å². The van der Waals surface area contributed by atoms with E-state index >= 15 is 0 Å². The second-order valence-electron chi connectivity index (χ2n) is 5.63. The van der Waals surface area contributed by atoms with Gasteiger partial charge in [0.1, 0.15) is 5.75 Å². The molecule has 0 atom stereocenters. The first-order chi connectivity index (χ1) is 12.9. The van der Waals surface area contributed by atoms with E-state index in [1.54, 1.807) is 49.6 Å². The molecule has 8 heteroatoms. The molecule has 27 heavy (non-hydrogen) atoms. The Morgan fingerprint density at radius 1 is 1.07 bits per heavy atom. The Hall–Kier alpha value is -2.45. The summed E-state index contributed by atoms with van der Waals surface area (Å²) >= 11 is 8.53. The number of ether oxygens (including phenoxy) is 1. The highest BCUT2D eigenvalue weighted by Gasteiger charge is 2.11. The Balaban J connectivity index is 1.92. The largest absolute Gasteiger partial charge is 0.496 e. The van der Waals surface area contributed by atoms with Crippen molar-refractivity contribution in [2.24, 2.45) is 0 Å². The van der Waals surface area contributed by atoms with Crippen molar-refractivity contribution >= 4 is 56.4 Å². The molecule has 2 rings (SSSR count). The maximum atomic E-state index is 12.3. The normalized spacial score (nSPS) is 10.0. The van der Waals surface area contributed by atoms with Crippen LogP contribution in [-0.2, 0) is 4.79 Å². The van der Waals surface area contributed by atoms with Crippen LogP contribution in [0.5, 0.6) is 5.75 Å². The first-order valence-electron chi connectivity index (χ1n) is 8.28. The lowest BCUT2D eigenvalue weighted by Gasteiger charge is -2.11. The van der Waals surface area contributed by atoms with Crippen molar-refractivity contribution in [3.8, 4) is 5.75 Å². The number of hydrogen-bond donors (Lipinski definition) is 3. The zero-order valence-electron chi connectivity index (χ0n) is 15.0. The van der Waals surface area contributed by atoms with Gasteiger partial charge in [-0.1, -0.05) is 6.92 Å². The standard InChI is InChI=1S/C19H20BrN3O3S/c1-3-4-17(24)21-13-6-8-14(9-7-13)22-19(27)23-18(25)12-5-10-16(26-2)15(20)11-12/h5-11H,3-4H2,1-2H3,(H,21,24)(H2,22,23,25,27). The molecular weight excluding hydrogens is 430 g/mol. The second-order valence-corrected chi connectivity index (χ2v) is 6.90. The van der Waals surface area contributed by atoms with Gasteiger partial charge in [-0.2, -0.15) is 0 Å². The van der Waals surface area contributed by atoms with Crippen LogP contribution in [0.25, 0.3) is 0 Å². The molecule has 0 aromatic heterocycles. The van der Waals surface area contributed by atoms with Crippen LogP contribution < -0.4 is 20.7 Å². The molecule has 2 aromatic carbocycles. The fourth-order valence-electron chi connectivity index (χ4n) is 2.23. The third kappa shape index (κ3) is 6.33. The van der Waals surface area contributed by atoms with Crippen LogP contribution in [0, 0.1) is 0 Å². The number of thiocarbonyl (C=S) groups is 1. The maximum Gasteiger partial charge on any atom is 0.257 e. The summed E-state index contributed by atoms with van der Waals surface area (Å²) < 4.78 is 5.82. The number of halogens is 1. The lowest BCUT2D eigenvalue weighted by Crippen LogP contribution is -2.34. The van der Waals surface area contributed by atoms with Gasteiger partial charge in [0.25, 0.3) is 5.91 Å². The van der Waals surface area contributed by atoms with E-state index in [9.17, 15) is 9.59 Å². The lowest BCUT2D eigenvalue weighted by molar-refractivity contribution is -0.116. The lowest BCUT2D eigenvalue weighted by atomic mass is 10.2. The topological polar surface area (TPSA) is 79.5 Å². The highest BCUT2D eigenvalue weighted by Crippen LogP contribution is 2.25. The van der Waals surface area contributed by atoms with Crippen molar-refractivity contribution in [2.75, 3.05) is 17.7 Å². The molecular formula is C19H20BrN3O3S. The number of carbonyl (C=O) groups excluding carboxylic acids is 2. The molecule has 6 nitrogen and oxygen atoms in total. The highest BCUT2D eigenvalue weighted by molar-refractivity contribution is 9.10. The predicted molar refractivity (Wildman–Crippen MR) is 114 cm³/mol. The molecule has 2 aromatic rings. The summed E-state index contributed by atoms with van der Waals surface area (Å²) in [4.78, 5) is 23.9. The van der Waals surface area contributed by atoms with Crippen LogP contribution in [0.2, 0.25) is 0 Å². The van der Waals surface area contributed by atoms with Crippen molar-refractivity contribution in [1.82, 2.24) is 5.32 Å². The monoisotopic (exact) mass is 449 g/mol. The zero-order chi connectivity index (χ0) is 19.8. The van der Waals surface area contributed by atoms with Crippen LogP contribution >= 0.6 is 28.1 Å². The average Bonchev–Trinajstić information content (AvgIpc) is 2.63. The highest BCUT2D eigenvalue weighted by atomic mass is 79.9. The molecule has 142 valence electrons. The van der Waals surface area contributed by atoms with Crippen molar-refractivity contribution in [3.63, 3.8) is 0 Å². The molecule has 0 aliphatic carbocycles. The Morgan fingerprint density at radius 2 is 1.70 bits per heavy atom. The first kappa shape index (κ1) is 20.9. The number of benzene rings is 2. The Labute approximate surface area is 171 Å². The molecule has 0 saturated heterocycles. The number of nitrogens with one attached hydrogen (secondary N) is 3. The van der Waals surface area contributed by atoms with Crippen molar-refractivity contribution in [2.45, 2.75) is 19.8 Å². The summed E-state index contributed by atoms with van der Waals surface area (Å²) in [6.45, 7) is 1.95. The SMILES string of the molecule is CCCC(=O)Nc1ccc(NC(=S)NC(=O)c2ccc(OC)c(Br)c2)cc1. The fraction of sp³-hybridized carbons (Fsp3) is 0.211. The summed E-state index contributed by atoms with van der Waals surface area (Å²) in [5, 5.41) is 8.54. The van der Waals surface area contributed by atoms with Gasteiger partial charge in [0.15, 0.2) is 5.11 Å². The van der Waals surface area contributed by atoms with Crippen molar-refractivity contribution in [3.05, 3.63) is 52.5 Å². The summed E-state index contributed by atoms with van der Waals surface area (Å²) in [5.41, 5.74) is 1.85. The van der Waals surface area contributed by atoms with Gasteiger partial charge < -0.3 is 15.4 Å². The smallest absolute Gasteiger partial charge is 0.257 e. The van der Waals surface area contributed by atoms with Crippen LogP contribution in [0.1, 0.15) is 30.1 Å². The quantitative estimate of drug-likeness (QED) is 0.572. The van der Waals surface area contributed by atoms with Gasteiger partial charge in [-0.3, -0.25) is 14.9 Å². The van der Waals surface area contributed by atoms with Gasteiger partial charge in [-0.15, -0.1) is 0 Å². The minimum absolute atomic E-state index is 0.0216. The first-order valence-corrected chi connectivity index (χ1v) is 9.49. The third-order valence-corrected chi connectivity index (χ3v) is 4.37. The fourth-order valence-corrected chi connectivity index (χ4v) is 2.98. The summed E-state index contributed by atoms with van der Waals surface area (Å²) in [6.07, 6.45) is 1.28. The number of anilines is 2. The van der Waals surface area contributed by atoms with Crippen molar-refractivity contribution in [1.29, 1.82) is 0 Å². The van der Waals surface area contributed by atoms with E-state index in [0.29, 0.717) is 33.6 Å². The van der Waals surface area contributed by atoms with E-state index in [-0.39, 0.29) is 16.9 Å². The van der Waals surface area contributed by atoms with E-state index in [4.69, 9.17) is 17.0 Å². The molecule has 0 heterocycles. The molecule has 0 aliphatic heterocycles. The molecule has 2 amide bonds. The van der Waals surface area contributed by atoms with Gasteiger partial charge in [0.2, 0.25) is 5.91 Å². The van der Waals surface area contributed by atoms with Gasteiger partial charge in [0.05, 0.1) is 11.6 Å². The molecule has 0 radical (unpaired) electrons. The average molecular weight is 450 g/mol. The second kappa shape index (κ2) is 10.0. The van der Waals surface area contributed by atoms with Gasteiger partial charge in [0, 0.05) is 23.4 Å². The summed E-state index contributed by atoms with van der Waals surface area (Å²) in [7, 11) is 1.55. The van der Waals surface area contributed by atoms with E-state index in [0.717, 1.165) is 6.42 Å². The predicted octanol–water partition coefficient (Wildman–Crippen LogP) is 4.32. The van der Waals surface area contributed by atoms with Gasteiger partial charge in [-0.05, 0) is 77.0 Å². The molecule has 0 saturated carbocycles. The Kier molecular flexibility index (Phi) is 7.75. The van der Waals surface area contributed by atoms with Crippen LogP contribution in [-0.4, -0.2) is 24.0 Å². The summed E-state index contributed by atoms with van der Waals surface area (Å²) in [5.74, 6) is 0.282. The number of amides is 2. The molecule has 0 aliphatic rings. The third-order valence-electron chi connectivity index (χ3n) is 3.54. The minimum Gasteiger partial charge on any atom is -0.496 e. The van der Waals surface area contributed by atoms with E-state index in [1.165, 1.54) is 0 Å². The van der Waals surface area contributed by atoms with Crippen molar-refractivity contribution < 1.29 is 14.3 Å². The molecule has 0 unspecified atom stereocenters. The number of carbonyl (C=O) groups is 2. The van der Waals surface area contributed by atoms with E-state index in [2.05, 4.69) is 31.9 Å². The number of rotatable bonds is 6. The zero-order valence-corrected chi connectivity index (χ0v) is 17.4. The molecule has 0 spiro atoms. The molecule has 0 bridgehead atoms. The Bertz CT molecular complexity index is 841. The minimum atomic E-state index is -0.334. The van der Waals surface area contributed by atoms with E-state index in [1.807, 2.05) is 6.92 Å². The van der Waals surface area contributed by atoms with Crippen LogP contribution in [0.4, 0.5) is 11.4 Å². The van der Waals surface area contributed by atoms with Gasteiger partial charge >= 0.3 is 0 Å². The van der Waals surface area contributed by atoms with Crippen LogP contribution in [0.15, 0.2) is 46.9 Å². The number of methoxy groups -OCH3 is 1. The molecule has 3 N–H and O–H groups in total. The molecule has 0 fully saturated rings. The Morgan fingerprint density at radius 3 is 2.26 bits per heavy atom. The van der Waals surface area contributed by atoms with E-state index < -0.39 is 0 Å². The van der Waals surface area contributed by atoms with Crippen LogP contribution in [0.3, 0.4) is 0 Å².